The maximum absolute atomic E-state index is 13.9. The largest absolute Gasteiger partial charge is 0.491 e. The highest BCUT2D eigenvalue weighted by Gasteiger charge is 2.57. The topological polar surface area (TPSA) is 128 Å². The van der Waals surface area contributed by atoms with Gasteiger partial charge in [-0.2, -0.15) is 5.10 Å². The molecule has 4 N–H and O–H groups in total. The van der Waals surface area contributed by atoms with E-state index in [1.165, 1.54) is 6.20 Å². The van der Waals surface area contributed by atoms with E-state index in [1.807, 2.05) is 0 Å². The van der Waals surface area contributed by atoms with Gasteiger partial charge < -0.3 is 20.5 Å². The van der Waals surface area contributed by atoms with Crippen molar-refractivity contribution >= 4 is 22.9 Å². The van der Waals surface area contributed by atoms with Crippen LogP contribution < -0.4 is 15.8 Å². The van der Waals surface area contributed by atoms with E-state index in [1.54, 1.807) is 45.2 Å². The van der Waals surface area contributed by atoms with E-state index in [4.69, 9.17) is 15.2 Å². The molecule has 0 radical (unpaired) electrons. The Bertz CT molecular complexity index is 1170. The molecule has 176 valence electrons. The molecule has 11 heteroatoms. The molecule has 1 aliphatic rings. The van der Waals surface area contributed by atoms with E-state index in [2.05, 4.69) is 25.5 Å². The molecule has 4 rings (SSSR count). The van der Waals surface area contributed by atoms with Gasteiger partial charge in [-0.15, -0.1) is 0 Å². The molecule has 3 heterocycles. The molecular formula is C22H26F2N6O3. The fourth-order valence-electron chi connectivity index (χ4n) is 3.97. The molecule has 0 spiro atoms. The van der Waals surface area contributed by atoms with Crippen LogP contribution in [-0.4, -0.2) is 50.9 Å². The number of nitrogen functional groups attached to an aromatic ring is 1. The van der Waals surface area contributed by atoms with Crippen LogP contribution in [0.2, 0.25) is 0 Å². The second kappa shape index (κ2) is 8.13. The lowest BCUT2D eigenvalue weighted by atomic mass is 9.66. The van der Waals surface area contributed by atoms with E-state index >= 15 is 0 Å². The minimum Gasteiger partial charge on any atom is -0.491 e. The van der Waals surface area contributed by atoms with Gasteiger partial charge in [0.05, 0.1) is 29.6 Å². The standard InChI is InChI=1S/C22H26F2N6O3/c1-20(2,3)33-19(31)28-11-21(9-22(23,24)10-21)12-32-15-8-27-13-5-4-6-26-18(13)17(15)14-7-16(25)30-29-14/h4-8H,9-12H2,1-3H3,(H,28,31)(H3,25,29,30). The Balaban J connectivity index is 1.57. The number of nitrogens with zero attached hydrogens (tertiary/aromatic N) is 3. The van der Waals surface area contributed by atoms with Crippen molar-refractivity contribution in [3.05, 3.63) is 30.6 Å². The summed E-state index contributed by atoms with van der Waals surface area (Å²) in [4.78, 5) is 20.8. The zero-order valence-corrected chi connectivity index (χ0v) is 18.6. The maximum atomic E-state index is 13.9. The Kier molecular flexibility index (Phi) is 5.59. The normalized spacial score (nSPS) is 16.8. The molecule has 1 amide bonds. The maximum Gasteiger partial charge on any atom is 0.407 e. The Morgan fingerprint density at radius 3 is 2.70 bits per heavy atom. The van der Waals surface area contributed by atoms with E-state index < -0.39 is 35.9 Å². The molecule has 0 aromatic carbocycles. The zero-order valence-electron chi connectivity index (χ0n) is 18.6. The first-order valence-corrected chi connectivity index (χ1v) is 10.5. The van der Waals surface area contributed by atoms with Crippen LogP contribution in [0, 0.1) is 5.41 Å². The van der Waals surface area contributed by atoms with Gasteiger partial charge in [0, 0.05) is 37.1 Å². The Labute approximate surface area is 189 Å². The van der Waals surface area contributed by atoms with Gasteiger partial charge in [-0.3, -0.25) is 15.1 Å². The summed E-state index contributed by atoms with van der Waals surface area (Å²) < 4.78 is 39.0. The fraction of sp³-hybridized carbons (Fsp3) is 0.455. The number of hydrogen-bond donors (Lipinski definition) is 3. The van der Waals surface area contributed by atoms with Crippen LogP contribution in [0.4, 0.5) is 19.4 Å². The smallest absolute Gasteiger partial charge is 0.407 e. The van der Waals surface area contributed by atoms with Gasteiger partial charge in [0.15, 0.2) is 0 Å². The van der Waals surface area contributed by atoms with Crippen molar-refractivity contribution in [2.24, 2.45) is 5.41 Å². The van der Waals surface area contributed by atoms with Crippen LogP contribution >= 0.6 is 0 Å². The van der Waals surface area contributed by atoms with Crippen LogP contribution in [0.5, 0.6) is 5.75 Å². The van der Waals surface area contributed by atoms with Gasteiger partial charge in [-0.25, -0.2) is 13.6 Å². The molecular weight excluding hydrogens is 434 g/mol. The summed E-state index contributed by atoms with van der Waals surface area (Å²) in [6.45, 7) is 5.12. The third kappa shape index (κ3) is 5.12. The van der Waals surface area contributed by atoms with E-state index in [0.29, 0.717) is 28.0 Å². The second-order valence-electron chi connectivity index (χ2n) is 9.43. The van der Waals surface area contributed by atoms with Crippen LogP contribution in [0.1, 0.15) is 33.6 Å². The molecule has 0 atom stereocenters. The van der Waals surface area contributed by atoms with Gasteiger partial charge >= 0.3 is 6.09 Å². The van der Waals surface area contributed by atoms with Crippen LogP contribution in [0.25, 0.3) is 22.3 Å². The third-order valence-electron chi connectivity index (χ3n) is 5.27. The van der Waals surface area contributed by atoms with Crippen LogP contribution in [0.15, 0.2) is 30.6 Å². The molecule has 9 nitrogen and oxygen atoms in total. The lowest BCUT2D eigenvalue weighted by Gasteiger charge is -2.47. The minimum absolute atomic E-state index is 0.0108. The third-order valence-corrected chi connectivity index (χ3v) is 5.27. The number of anilines is 1. The number of aromatic nitrogens is 4. The molecule has 0 saturated heterocycles. The van der Waals surface area contributed by atoms with Crippen molar-refractivity contribution in [2.75, 3.05) is 18.9 Å². The number of fused-ring (bicyclic) bond motifs is 1. The number of nitrogens with two attached hydrogens (primary N) is 1. The molecule has 3 aromatic heterocycles. The van der Waals surface area contributed by atoms with Crippen molar-refractivity contribution in [1.29, 1.82) is 0 Å². The van der Waals surface area contributed by atoms with Crippen molar-refractivity contribution < 1.29 is 23.0 Å². The summed E-state index contributed by atoms with van der Waals surface area (Å²) in [5.41, 5.74) is 6.45. The highest BCUT2D eigenvalue weighted by Crippen LogP contribution is 2.52. The predicted octanol–water partition coefficient (Wildman–Crippen LogP) is 3.92. The van der Waals surface area contributed by atoms with E-state index in [9.17, 15) is 13.6 Å². The number of alkyl halides is 2. The first kappa shape index (κ1) is 22.7. The number of carbonyl (C=O) groups is 1. The number of nitrogens with one attached hydrogen (secondary N) is 2. The lowest BCUT2D eigenvalue weighted by Crippen LogP contribution is -2.55. The minimum atomic E-state index is -2.82. The van der Waals surface area contributed by atoms with Gasteiger partial charge in [0.1, 0.15) is 22.7 Å². The highest BCUT2D eigenvalue weighted by molar-refractivity contribution is 5.93. The van der Waals surface area contributed by atoms with Crippen molar-refractivity contribution in [1.82, 2.24) is 25.5 Å². The molecule has 0 aliphatic heterocycles. The van der Waals surface area contributed by atoms with Crippen molar-refractivity contribution in [3.8, 4) is 17.0 Å². The van der Waals surface area contributed by atoms with Crippen LogP contribution in [0.3, 0.4) is 0 Å². The molecule has 0 bridgehead atoms. The number of hydrogen-bond acceptors (Lipinski definition) is 7. The van der Waals surface area contributed by atoms with Gasteiger partial charge in [0.25, 0.3) is 0 Å². The molecule has 1 saturated carbocycles. The number of pyridine rings is 2. The molecule has 3 aromatic rings. The predicted molar refractivity (Wildman–Crippen MR) is 118 cm³/mol. The van der Waals surface area contributed by atoms with E-state index in [0.717, 1.165) is 0 Å². The number of ether oxygens (including phenoxy) is 2. The summed E-state index contributed by atoms with van der Waals surface area (Å²) in [6, 6.07) is 5.19. The van der Waals surface area contributed by atoms with Gasteiger partial charge in [0.2, 0.25) is 5.92 Å². The summed E-state index contributed by atoms with van der Waals surface area (Å²) in [7, 11) is 0. The molecule has 33 heavy (non-hydrogen) atoms. The number of halogens is 2. The Hall–Kier alpha value is -3.50. The summed E-state index contributed by atoms with van der Waals surface area (Å²) in [6.07, 6.45) is 1.64. The number of alkyl carbamates (subject to hydrolysis) is 1. The Morgan fingerprint density at radius 1 is 1.30 bits per heavy atom. The van der Waals surface area contributed by atoms with Crippen molar-refractivity contribution in [2.45, 2.75) is 45.1 Å². The van der Waals surface area contributed by atoms with Gasteiger partial charge in [-0.1, -0.05) is 0 Å². The number of rotatable bonds is 6. The number of H-pyrrole nitrogens is 1. The molecule has 0 unspecified atom stereocenters. The average Bonchev–Trinajstić information content (AvgIpc) is 3.13. The number of amides is 1. The fourth-order valence-corrected chi connectivity index (χ4v) is 3.97. The zero-order chi connectivity index (χ0) is 23.9. The SMILES string of the molecule is CC(C)(C)OC(=O)NCC1(COc2cnc3cccnc3c2-c2cc(N)n[nH]2)CC(F)(F)C1. The first-order valence-electron chi connectivity index (χ1n) is 10.5. The number of aromatic amines is 1. The molecule has 1 aliphatic carbocycles. The summed E-state index contributed by atoms with van der Waals surface area (Å²) in [5, 5.41) is 9.40. The monoisotopic (exact) mass is 460 g/mol. The average molecular weight is 460 g/mol. The van der Waals surface area contributed by atoms with Crippen molar-refractivity contribution in [3.63, 3.8) is 0 Å². The van der Waals surface area contributed by atoms with Crippen LogP contribution in [-0.2, 0) is 4.74 Å². The Morgan fingerprint density at radius 2 is 2.06 bits per heavy atom. The summed E-state index contributed by atoms with van der Waals surface area (Å²) >= 11 is 0. The molecule has 1 fully saturated rings. The highest BCUT2D eigenvalue weighted by atomic mass is 19.3. The lowest BCUT2D eigenvalue weighted by molar-refractivity contribution is -0.170. The van der Waals surface area contributed by atoms with E-state index in [-0.39, 0.29) is 19.0 Å². The first-order chi connectivity index (χ1) is 15.5. The second-order valence-corrected chi connectivity index (χ2v) is 9.43. The summed E-state index contributed by atoms with van der Waals surface area (Å²) in [5.74, 6) is -2.19. The number of carbonyl (C=O) groups excluding carboxylic acids is 1. The van der Waals surface area contributed by atoms with Gasteiger partial charge in [-0.05, 0) is 32.9 Å². The quantitative estimate of drug-likeness (QED) is 0.509.